The van der Waals surface area contributed by atoms with Crippen molar-refractivity contribution < 1.29 is 26.9 Å². The predicted octanol–water partition coefficient (Wildman–Crippen LogP) is 3.98. The highest BCUT2D eigenvalue weighted by atomic mass is 32.2. The molecule has 1 atom stereocenters. The second-order valence-corrected chi connectivity index (χ2v) is 8.90. The van der Waals surface area contributed by atoms with Gasteiger partial charge in [0.05, 0.1) is 32.0 Å². The molecule has 1 unspecified atom stereocenters. The average Bonchev–Trinajstić information content (AvgIpc) is 3.05. The third-order valence-corrected chi connectivity index (χ3v) is 5.68. The van der Waals surface area contributed by atoms with E-state index in [1.54, 1.807) is 17.7 Å². The number of aryl methyl sites for hydroxylation is 1. The van der Waals surface area contributed by atoms with Crippen LogP contribution in [-0.2, 0) is 28.1 Å². The van der Waals surface area contributed by atoms with E-state index in [0.717, 1.165) is 6.08 Å². The molecule has 0 bridgehead atoms. The van der Waals surface area contributed by atoms with Crippen molar-refractivity contribution in [1.82, 2.24) is 14.9 Å². The van der Waals surface area contributed by atoms with Crippen molar-refractivity contribution in [1.29, 1.82) is 4.78 Å². The van der Waals surface area contributed by atoms with Crippen LogP contribution in [-0.4, -0.2) is 32.3 Å². The number of amides is 1. The Labute approximate surface area is 176 Å². The summed E-state index contributed by atoms with van der Waals surface area (Å²) in [5.41, 5.74) is 2.39. The van der Waals surface area contributed by atoms with Crippen molar-refractivity contribution in [3.63, 3.8) is 0 Å². The number of nitrogens with one attached hydrogen (secondary N) is 2. The van der Waals surface area contributed by atoms with Gasteiger partial charge in [-0.2, -0.15) is 0 Å². The van der Waals surface area contributed by atoms with Gasteiger partial charge < -0.3 is 14.6 Å². The molecule has 1 aromatic heterocycles. The van der Waals surface area contributed by atoms with Crippen LogP contribution in [0.1, 0.15) is 5.56 Å². The molecule has 2 aromatic carbocycles. The number of nitrogens with zero attached hydrogens (tertiary/aromatic N) is 2. The Morgan fingerprint density at radius 3 is 2.55 bits per heavy atom. The van der Waals surface area contributed by atoms with Crippen LogP contribution in [0.4, 0.5) is 13.2 Å². The minimum atomic E-state index is -4.80. The molecule has 1 heterocycles. The van der Waals surface area contributed by atoms with Crippen LogP contribution >= 0.6 is 0 Å². The van der Waals surface area contributed by atoms with Crippen LogP contribution in [0.15, 0.2) is 54.2 Å². The molecule has 11 heteroatoms. The maximum Gasteiger partial charge on any atom is 0.573 e. The molecule has 0 aliphatic heterocycles. The quantitative estimate of drug-likeness (QED) is 0.553. The standard InChI is InChI=1S/C20H19F3N4O3S/c1-4-16(28)25-10-13-9-15(12-5-7-14(8-6-12)30-20(21,22)23)17-18(27(2)11-26-17)19(13)31(3,24)29/h4-9,11,24H,1,10H2,2-3H3,(H,25,28). The first-order valence-corrected chi connectivity index (χ1v) is 10.8. The summed E-state index contributed by atoms with van der Waals surface area (Å²) >= 11 is 0. The van der Waals surface area contributed by atoms with Crippen LogP contribution in [0.2, 0.25) is 0 Å². The molecule has 2 N–H and O–H groups in total. The smallest absolute Gasteiger partial charge is 0.406 e. The number of alkyl halides is 3. The lowest BCUT2D eigenvalue weighted by molar-refractivity contribution is -0.274. The maximum atomic E-state index is 12.8. The number of benzene rings is 2. The Balaban J connectivity index is 2.20. The number of imidazole rings is 1. The highest BCUT2D eigenvalue weighted by Crippen LogP contribution is 2.36. The maximum absolute atomic E-state index is 12.8. The van der Waals surface area contributed by atoms with Crippen molar-refractivity contribution >= 4 is 26.7 Å². The highest BCUT2D eigenvalue weighted by Gasteiger charge is 2.31. The van der Waals surface area contributed by atoms with E-state index in [1.165, 1.54) is 36.8 Å². The van der Waals surface area contributed by atoms with Gasteiger partial charge in [0.25, 0.3) is 0 Å². The van der Waals surface area contributed by atoms with Crippen molar-refractivity contribution in [2.75, 3.05) is 6.26 Å². The van der Waals surface area contributed by atoms with E-state index in [9.17, 15) is 22.2 Å². The molecule has 0 radical (unpaired) electrons. The number of hydrogen-bond donors (Lipinski definition) is 2. The first kappa shape index (κ1) is 22.3. The van der Waals surface area contributed by atoms with Gasteiger partial charge >= 0.3 is 6.36 Å². The van der Waals surface area contributed by atoms with E-state index < -0.39 is 22.0 Å². The SMILES string of the molecule is C=CC(=O)NCc1cc(-c2ccc(OC(F)(F)F)cc2)c2ncn(C)c2c1S(C)(=N)=O. The number of aromatic nitrogens is 2. The molecule has 0 spiro atoms. The van der Waals surface area contributed by atoms with Crippen LogP contribution in [0.5, 0.6) is 5.75 Å². The van der Waals surface area contributed by atoms with E-state index in [1.807, 2.05) is 0 Å². The molecule has 0 saturated carbocycles. The summed E-state index contributed by atoms with van der Waals surface area (Å²) in [6, 6.07) is 6.88. The lowest BCUT2D eigenvalue weighted by Gasteiger charge is -2.16. The molecule has 0 aliphatic rings. The van der Waals surface area contributed by atoms with E-state index in [-0.39, 0.29) is 17.2 Å². The van der Waals surface area contributed by atoms with E-state index in [2.05, 4.69) is 21.6 Å². The minimum Gasteiger partial charge on any atom is -0.406 e. The largest absolute Gasteiger partial charge is 0.573 e. The molecule has 164 valence electrons. The summed E-state index contributed by atoms with van der Waals surface area (Å²) < 4.78 is 63.8. The summed E-state index contributed by atoms with van der Waals surface area (Å²) in [5.74, 6) is -0.815. The number of ether oxygens (including phenoxy) is 1. The Kier molecular flexibility index (Phi) is 5.81. The van der Waals surface area contributed by atoms with Gasteiger partial charge in [-0.25, -0.2) is 14.0 Å². The molecular formula is C20H19F3N4O3S. The zero-order valence-electron chi connectivity index (χ0n) is 16.6. The van der Waals surface area contributed by atoms with E-state index in [4.69, 9.17) is 4.78 Å². The van der Waals surface area contributed by atoms with Crippen LogP contribution in [0.25, 0.3) is 22.2 Å². The first-order chi connectivity index (χ1) is 14.4. The van der Waals surface area contributed by atoms with Gasteiger partial charge in [0, 0.05) is 25.4 Å². The minimum absolute atomic E-state index is 0.0206. The Morgan fingerprint density at radius 2 is 2.00 bits per heavy atom. The van der Waals surface area contributed by atoms with Gasteiger partial charge in [0.1, 0.15) is 5.75 Å². The molecule has 1 amide bonds. The van der Waals surface area contributed by atoms with Gasteiger partial charge in [-0.05, 0) is 35.4 Å². The topological polar surface area (TPSA) is 97.1 Å². The van der Waals surface area contributed by atoms with Gasteiger partial charge in [-0.15, -0.1) is 13.2 Å². The molecule has 0 fully saturated rings. The van der Waals surface area contributed by atoms with Crippen molar-refractivity contribution in [3.8, 4) is 16.9 Å². The molecule has 0 aliphatic carbocycles. The molecular weight excluding hydrogens is 433 g/mol. The van der Waals surface area contributed by atoms with Gasteiger partial charge in [-0.1, -0.05) is 18.7 Å². The van der Waals surface area contributed by atoms with Crippen molar-refractivity contribution in [3.05, 3.63) is 54.9 Å². The number of carbonyl (C=O) groups is 1. The Bertz CT molecular complexity index is 1260. The van der Waals surface area contributed by atoms with Crippen LogP contribution in [0, 0.1) is 4.78 Å². The summed E-state index contributed by atoms with van der Waals surface area (Å²) in [6.45, 7) is 3.37. The number of rotatable bonds is 6. The molecule has 3 aromatic rings. The zero-order valence-corrected chi connectivity index (χ0v) is 17.4. The lowest BCUT2D eigenvalue weighted by Crippen LogP contribution is -2.21. The number of carbonyl (C=O) groups excluding carboxylic acids is 1. The van der Waals surface area contributed by atoms with Crippen LogP contribution in [0.3, 0.4) is 0 Å². The molecule has 0 saturated heterocycles. The normalized spacial score (nSPS) is 13.6. The van der Waals surface area contributed by atoms with Gasteiger partial charge in [0.2, 0.25) is 5.91 Å². The fraction of sp³-hybridized carbons (Fsp3) is 0.200. The third kappa shape index (κ3) is 4.88. The molecule has 3 rings (SSSR count). The van der Waals surface area contributed by atoms with Crippen molar-refractivity contribution in [2.45, 2.75) is 17.8 Å². The fourth-order valence-corrected chi connectivity index (χ4v) is 4.47. The number of hydrogen-bond acceptors (Lipinski definition) is 5. The predicted molar refractivity (Wildman–Crippen MR) is 110 cm³/mol. The molecule has 31 heavy (non-hydrogen) atoms. The highest BCUT2D eigenvalue weighted by molar-refractivity contribution is 7.92. The van der Waals surface area contributed by atoms with E-state index in [0.29, 0.717) is 27.7 Å². The monoisotopic (exact) mass is 452 g/mol. The van der Waals surface area contributed by atoms with Crippen LogP contribution < -0.4 is 10.1 Å². The number of fused-ring (bicyclic) bond motifs is 1. The fourth-order valence-electron chi connectivity index (χ4n) is 3.23. The zero-order chi connectivity index (χ0) is 23.0. The third-order valence-electron chi connectivity index (χ3n) is 4.44. The van der Waals surface area contributed by atoms with Gasteiger partial charge in [-0.3, -0.25) is 4.79 Å². The summed E-state index contributed by atoms with van der Waals surface area (Å²) in [7, 11) is -1.54. The second-order valence-electron chi connectivity index (χ2n) is 6.80. The Morgan fingerprint density at radius 1 is 1.35 bits per heavy atom. The average molecular weight is 452 g/mol. The first-order valence-electron chi connectivity index (χ1n) is 8.88. The van der Waals surface area contributed by atoms with Gasteiger partial charge in [0.15, 0.2) is 0 Å². The molecule has 7 nitrogen and oxygen atoms in total. The number of halogens is 3. The summed E-state index contributed by atoms with van der Waals surface area (Å²) in [5, 5.41) is 2.61. The summed E-state index contributed by atoms with van der Waals surface area (Å²) in [4.78, 5) is 16.2. The Hall–Kier alpha value is -3.34. The van der Waals surface area contributed by atoms with E-state index >= 15 is 0 Å². The summed E-state index contributed by atoms with van der Waals surface area (Å²) in [6.07, 6.45) is -0.942. The lowest BCUT2D eigenvalue weighted by atomic mass is 10.0. The van der Waals surface area contributed by atoms with Crippen molar-refractivity contribution in [2.24, 2.45) is 7.05 Å². The second kappa shape index (κ2) is 8.06.